The molecule has 5 aliphatic rings. The highest BCUT2D eigenvalue weighted by Gasteiger charge is 2.47. The summed E-state index contributed by atoms with van der Waals surface area (Å²) < 4.78 is 5.52. The van der Waals surface area contributed by atoms with Crippen molar-refractivity contribution in [2.24, 2.45) is 28.9 Å². The highest BCUT2D eigenvalue weighted by molar-refractivity contribution is 5.89. The van der Waals surface area contributed by atoms with E-state index in [4.69, 9.17) is 10.5 Å². The number of nitrogens with two attached hydrogens (primary N) is 1. The predicted molar refractivity (Wildman–Crippen MR) is 240 cm³/mol. The zero-order valence-electron chi connectivity index (χ0n) is 36.1. The number of rotatable bonds is 12. The molecule has 0 amide bonds. The topological polar surface area (TPSA) is 154 Å². The molecule has 8 rings (SSSR count). The number of carbonyl (C=O) groups is 2. The number of dihydropyridines is 1. The number of fused-ring (bicyclic) bond motifs is 3. The van der Waals surface area contributed by atoms with Crippen LogP contribution in [-0.2, 0) is 16.0 Å². The van der Waals surface area contributed by atoms with Gasteiger partial charge in [0.15, 0.2) is 17.3 Å². The third-order valence-electron chi connectivity index (χ3n) is 15.1. The Hall–Kier alpha value is -4.62. The molecule has 9 atom stereocenters. The number of ether oxygens (including phenoxy) is 1. The molecule has 2 aliphatic heterocycles. The van der Waals surface area contributed by atoms with Crippen LogP contribution in [-0.4, -0.2) is 65.3 Å². The zero-order chi connectivity index (χ0) is 42.7. The summed E-state index contributed by atoms with van der Waals surface area (Å²) in [6.45, 7) is 3.77. The first-order valence-electron chi connectivity index (χ1n) is 23.0. The lowest BCUT2D eigenvalue weighted by atomic mass is 9.64. The van der Waals surface area contributed by atoms with E-state index in [9.17, 15) is 24.9 Å². The van der Waals surface area contributed by atoms with E-state index in [0.717, 1.165) is 78.1 Å². The van der Waals surface area contributed by atoms with Crippen molar-refractivity contribution in [1.29, 1.82) is 0 Å². The van der Waals surface area contributed by atoms with Crippen molar-refractivity contribution in [2.75, 3.05) is 20.2 Å². The van der Waals surface area contributed by atoms with Crippen LogP contribution in [0, 0.1) is 35.0 Å². The lowest BCUT2D eigenvalue weighted by Gasteiger charge is -2.42. The maximum atomic E-state index is 14.3. The smallest absolute Gasteiger partial charge is 0.160 e. The third kappa shape index (κ3) is 9.43. The van der Waals surface area contributed by atoms with Crippen LogP contribution in [0.25, 0.3) is 10.8 Å². The quantitative estimate of drug-likeness (QED) is 0.100. The van der Waals surface area contributed by atoms with Crippen LogP contribution in [0.3, 0.4) is 0 Å². The van der Waals surface area contributed by atoms with Crippen LogP contribution >= 0.6 is 0 Å². The zero-order valence-corrected chi connectivity index (χ0v) is 36.1. The molecule has 3 fully saturated rings. The van der Waals surface area contributed by atoms with Gasteiger partial charge in [0, 0.05) is 43.7 Å². The maximum absolute atomic E-state index is 14.3. The fourth-order valence-electron chi connectivity index (χ4n) is 11.4. The number of aliphatic hydroxyl groups is 2. The van der Waals surface area contributed by atoms with E-state index in [1.54, 1.807) is 6.07 Å². The Labute approximate surface area is 361 Å². The van der Waals surface area contributed by atoms with Crippen molar-refractivity contribution < 1.29 is 29.6 Å². The Balaban J connectivity index is 1.01. The van der Waals surface area contributed by atoms with Crippen molar-refractivity contribution in [1.82, 2.24) is 10.6 Å². The average Bonchev–Trinajstić information content (AvgIpc) is 3.32. The largest absolute Gasteiger partial charge is 0.504 e. The highest BCUT2D eigenvalue weighted by atomic mass is 16.5. The molecule has 7 N–H and O–H groups in total. The number of carbonyl (C=O) groups excluding carboxylic acids is 2. The summed E-state index contributed by atoms with van der Waals surface area (Å²) in [6.07, 6.45) is 11.0. The number of allylic oxidation sites excluding steroid dienone is 2. The van der Waals surface area contributed by atoms with Gasteiger partial charge in [-0.2, -0.15) is 0 Å². The number of hydrogen-bond acceptors (Lipinski definition) is 9. The Bertz CT molecular complexity index is 2240. The molecule has 0 bridgehead atoms. The van der Waals surface area contributed by atoms with Crippen LogP contribution in [0.4, 0.5) is 0 Å². The molecule has 2 heterocycles. The van der Waals surface area contributed by atoms with Gasteiger partial charge in [0.25, 0.3) is 0 Å². The van der Waals surface area contributed by atoms with Crippen molar-refractivity contribution in [2.45, 2.75) is 133 Å². The number of phenols is 1. The molecule has 9 heteroatoms. The van der Waals surface area contributed by atoms with Crippen molar-refractivity contribution in [3.63, 3.8) is 0 Å². The van der Waals surface area contributed by atoms with Crippen molar-refractivity contribution >= 4 is 22.3 Å². The van der Waals surface area contributed by atoms with Gasteiger partial charge in [-0.1, -0.05) is 67.6 Å². The number of aryl methyl sites for hydroxylation is 1. The van der Waals surface area contributed by atoms with Crippen LogP contribution in [0.1, 0.15) is 125 Å². The Morgan fingerprint density at radius 1 is 0.984 bits per heavy atom. The van der Waals surface area contributed by atoms with Gasteiger partial charge in [0.1, 0.15) is 11.2 Å². The number of piperidine rings is 1. The van der Waals surface area contributed by atoms with E-state index < -0.39 is 17.6 Å². The maximum Gasteiger partial charge on any atom is 0.160 e. The van der Waals surface area contributed by atoms with Gasteiger partial charge in [-0.3, -0.25) is 9.59 Å². The van der Waals surface area contributed by atoms with E-state index >= 15 is 0 Å². The number of benzene rings is 3. The second kappa shape index (κ2) is 18.8. The number of aliphatic hydroxyl groups excluding tert-OH is 2. The first kappa shape index (κ1) is 43.0. The van der Waals surface area contributed by atoms with E-state index in [1.165, 1.54) is 12.7 Å². The first-order chi connectivity index (χ1) is 29.5. The number of ketones is 2. The molecule has 0 radical (unpaired) electrons. The van der Waals surface area contributed by atoms with E-state index in [2.05, 4.69) is 59.7 Å². The average molecular weight is 828 g/mol. The van der Waals surface area contributed by atoms with Gasteiger partial charge in [-0.05, 0) is 152 Å². The Morgan fingerprint density at radius 2 is 1.80 bits per heavy atom. The molecule has 9 unspecified atom stereocenters. The lowest BCUT2D eigenvalue weighted by Crippen LogP contribution is -2.49. The molecule has 3 aromatic carbocycles. The number of nitrogens with one attached hydrogen (secondary N) is 2. The minimum Gasteiger partial charge on any atom is -0.504 e. The molecule has 2 saturated carbocycles. The summed E-state index contributed by atoms with van der Waals surface area (Å²) in [4.78, 5) is 26.3. The van der Waals surface area contributed by atoms with Crippen LogP contribution in [0.2, 0.25) is 0 Å². The Kier molecular flexibility index (Phi) is 13.3. The van der Waals surface area contributed by atoms with Crippen LogP contribution in [0.5, 0.6) is 11.5 Å². The monoisotopic (exact) mass is 827 g/mol. The number of aromatic hydroxyl groups is 1. The van der Waals surface area contributed by atoms with Gasteiger partial charge >= 0.3 is 0 Å². The predicted octanol–water partition coefficient (Wildman–Crippen LogP) is 7.86. The summed E-state index contributed by atoms with van der Waals surface area (Å²) in [6, 6.07) is 18.8. The van der Waals surface area contributed by atoms with E-state index in [-0.39, 0.29) is 29.8 Å². The van der Waals surface area contributed by atoms with Crippen molar-refractivity contribution in [3.8, 4) is 23.3 Å². The number of methoxy groups -OCH3 is 1. The molecule has 9 nitrogen and oxygen atoms in total. The van der Waals surface area contributed by atoms with Gasteiger partial charge in [-0.25, -0.2) is 0 Å². The molecular weight excluding hydrogens is 763 g/mol. The fourth-order valence-corrected chi connectivity index (χ4v) is 11.4. The molecule has 1 spiro atoms. The molecule has 61 heavy (non-hydrogen) atoms. The SMILES string of the molecule is CCC1=C(C(CC(O)CCC2C#CC3(CCC(CCC4CNC5CC(=O)CCC5C4)CC3O)C(=O)CCc3cc(OC)c(O)cc32)c2ccc3ccccc3c2)C=C(N)NC1. The normalized spacial score (nSPS) is 28.9. The second-order valence-electron chi connectivity index (χ2n) is 18.8. The van der Waals surface area contributed by atoms with Gasteiger partial charge < -0.3 is 36.4 Å². The second-order valence-corrected chi connectivity index (χ2v) is 18.8. The molecule has 0 aromatic heterocycles. The summed E-state index contributed by atoms with van der Waals surface area (Å²) in [5.41, 5.74) is 10.5. The molecule has 324 valence electrons. The standard InChI is InChI=1S/C52H65N3O6/c1-3-34-31-55-51(53)29-45(34)44(38-11-10-35-6-4-5-7-37(35)24-38)26-41(56)15-12-36-19-21-52(49(59)17-14-39-25-48(61-2)47(58)28-43(36)39)20-18-32(23-50(52)60)8-9-33-22-40-13-16-42(57)27-46(40)54-30-33/h4-7,10-11,24-25,28-29,32-33,36,40-41,44,46,50,54-56,58,60H,3,8-9,12-18,20,22-23,26-27,30-31,53H2,1-2H3. The first-order valence-corrected chi connectivity index (χ1v) is 23.0. The minimum atomic E-state index is -1.15. The third-order valence-corrected chi connectivity index (χ3v) is 15.1. The molecular formula is C52H65N3O6. The number of Topliss-reactive ketones (excluding diaryl/α,β-unsaturated/α-hetero) is 2. The highest BCUT2D eigenvalue weighted by Crippen LogP contribution is 2.46. The number of hydrogen-bond donors (Lipinski definition) is 6. The van der Waals surface area contributed by atoms with Gasteiger partial charge in [0.2, 0.25) is 0 Å². The van der Waals surface area contributed by atoms with E-state index in [0.29, 0.717) is 99.1 Å². The Morgan fingerprint density at radius 3 is 2.61 bits per heavy atom. The van der Waals surface area contributed by atoms with Gasteiger partial charge in [0.05, 0.1) is 25.1 Å². The molecule has 1 saturated heterocycles. The van der Waals surface area contributed by atoms with E-state index in [1.807, 2.05) is 24.3 Å². The summed E-state index contributed by atoms with van der Waals surface area (Å²) >= 11 is 0. The van der Waals surface area contributed by atoms with Crippen LogP contribution in [0.15, 0.2) is 77.6 Å². The summed E-state index contributed by atoms with van der Waals surface area (Å²) in [5, 5.41) is 44.3. The lowest BCUT2D eigenvalue weighted by molar-refractivity contribution is -0.134. The summed E-state index contributed by atoms with van der Waals surface area (Å²) in [7, 11) is 1.52. The van der Waals surface area contributed by atoms with Crippen LogP contribution < -0.4 is 21.1 Å². The molecule has 3 aromatic rings. The molecule has 3 aliphatic carbocycles. The fraction of sp³-hybridized carbons (Fsp3) is 0.538. The summed E-state index contributed by atoms with van der Waals surface area (Å²) in [5.74, 6) is 9.29. The minimum absolute atomic E-state index is 0.0146. The van der Waals surface area contributed by atoms with Crippen molar-refractivity contribution in [3.05, 3.63) is 94.3 Å². The number of phenolic OH excluding ortho intramolecular Hbond substituents is 1. The van der Waals surface area contributed by atoms with Gasteiger partial charge in [-0.15, -0.1) is 0 Å².